The zero-order chi connectivity index (χ0) is 22.1. The van der Waals surface area contributed by atoms with Crippen molar-refractivity contribution in [1.82, 2.24) is 9.97 Å². The molecule has 0 fully saturated rings. The van der Waals surface area contributed by atoms with Crippen LogP contribution in [0.15, 0.2) is 83.4 Å². The molecule has 6 heteroatoms. The van der Waals surface area contributed by atoms with Gasteiger partial charge in [-0.15, -0.1) is 0 Å². The number of aromatic nitrogens is 2. The van der Waals surface area contributed by atoms with Gasteiger partial charge in [-0.2, -0.15) is 9.59 Å². The predicted octanol–water partition coefficient (Wildman–Crippen LogP) is 4.94. The zero-order valence-electron chi connectivity index (χ0n) is 16.9. The van der Waals surface area contributed by atoms with Gasteiger partial charge >= 0.3 is 6.15 Å². The first-order valence-corrected chi connectivity index (χ1v) is 9.67. The molecule has 0 aliphatic rings. The molecule has 0 saturated heterocycles. The van der Waals surface area contributed by atoms with Crippen LogP contribution in [0, 0.1) is 6.92 Å². The van der Waals surface area contributed by atoms with Gasteiger partial charge in [-0.1, -0.05) is 60.7 Å². The van der Waals surface area contributed by atoms with Crippen molar-refractivity contribution >= 4 is 11.9 Å². The fraction of sp³-hybridized carbons (Fsp3) is 0.120. The number of benzene rings is 2. The summed E-state index contributed by atoms with van der Waals surface area (Å²) in [6, 6.07) is 24.2. The molecule has 154 valence electrons. The van der Waals surface area contributed by atoms with Gasteiger partial charge in [-0.25, -0.2) is 9.97 Å². The number of aryl methyl sites for hydroxylation is 2. The van der Waals surface area contributed by atoms with Crippen molar-refractivity contribution in [3.8, 4) is 22.6 Å². The van der Waals surface area contributed by atoms with E-state index in [1.165, 1.54) is 11.1 Å². The smallest absolute Gasteiger partial charge is 0.373 e. The average molecular weight is 412 g/mol. The molecule has 0 spiro atoms. The van der Waals surface area contributed by atoms with E-state index in [1.807, 2.05) is 43.3 Å². The van der Waals surface area contributed by atoms with Crippen molar-refractivity contribution in [1.29, 1.82) is 0 Å². The van der Waals surface area contributed by atoms with Crippen LogP contribution in [0.5, 0.6) is 0 Å². The largest absolute Gasteiger partial charge is 0.432 e. The summed E-state index contributed by atoms with van der Waals surface area (Å²) in [4.78, 5) is 37.2. The van der Waals surface area contributed by atoms with Gasteiger partial charge in [-0.3, -0.25) is 4.79 Å². The number of pyridine rings is 1. The van der Waals surface area contributed by atoms with Crippen LogP contribution in [0.2, 0.25) is 0 Å². The lowest BCUT2D eigenvalue weighted by Gasteiger charge is -2.04. The van der Waals surface area contributed by atoms with Gasteiger partial charge in [0.05, 0.1) is 6.20 Å². The summed E-state index contributed by atoms with van der Waals surface area (Å²) >= 11 is 0. The second kappa shape index (κ2) is 10.6. The van der Waals surface area contributed by atoms with Crippen LogP contribution in [-0.2, 0) is 16.0 Å². The van der Waals surface area contributed by atoms with Crippen LogP contribution in [0.1, 0.15) is 28.4 Å². The van der Waals surface area contributed by atoms with E-state index in [9.17, 15) is 4.79 Å². The Morgan fingerprint density at radius 1 is 0.903 bits per heavy atom. The summed E-state index contributed by atoms with van der Waals surface area (Å²) in [6.45, 7) is 1.91. The molecule has 2 aromatic carbocycles. The fourth-order valence-corrected chi connectivity index (χ4v) is 3.06. The Balaban J connectivity index is 0.000000858. The minimum absolute atomic E-state index is 0.106. The molecular weight excluding hydrogens is 392 g/mol. The molecule has 0 N–H and O–H groups in total. The lowest BCUT2D eigenvalue weighted by atomic mass is 10.0. The molecule has 4 rings (SSSR count). The first-order chi connectivity index (χ1) is 15.1. The summed E-state index contributed by atoms with van der Waals surface area (Å²) in [5.74, 6) is 0.546. The van der Waals surface area contributed by atoms with Gasteiger partial charge in [0.15, 0.2) is 5.76 Å². The second-order valence-electron chi connectivity index (χ2n) is 6.76. The summed E-state index contributed by atoms with van der Waals surface area (Å²) in [7, 11) is 0. The van der Waals surface area contributed by atoms with E-state index in [2.05, 4.69) is 46.4 Å². The molecule has 0 amide bonds. The third-order valence-corrected chi connectivity index (χ3v) is 4.59. The minimum Gasteiger partial charge on any atom is -0.432 e. The SMILES string of the molecule is Cc1cccc(-c2cnc(C(=O)CCc3ccc(-c4ccccc4)cc3)o2)n1.O=C=O. The van der Waals surface area contributed by atoms with E-state index in [4.69, 9.17) is 14.0 Å². The zero-order valence-corrected chi connectivity index (χ0v) is 16.9. The monoisotopic (exact) mass is 412 g/mol. The van der Waals surface area contributed by atoms with E-state index >= 15 is 0 Å². The Kier molecular flexibility index (Phi) is 7.35. The third kappa shape index (κ3) is 5.92. The molecule has 0 atom stereocenters. The third-order valence-electron chi connectivity index (χ3n) is 4.59. The van der Waals surface area contributed by atoms with E-state index in [-0.39, 0.29) is 17.8 Å². The van der Waals surface area contributed by atoms with Gasteiger partial charge in [0.25, 0.3) is 5.89 Å². The topological polar surface area (TPSA) is 90.1 Å². The molecule has 31 heavy (non-hydrogen) atoms. The molecule has 0 saturated carbocycles. The van der Waals surface area contributed by atoms with Crippen molar-refractivity contribution in [2.75, 3.05) is 0 Å². The van der Waals surface area contributed by atoms with Gasteiger partial charge in [0.2, 0.25) is 5.78 Å². The molecule has 4 aromatic rings. The maximum atomic E-state index is 12.4. The first-order valence-electron chi connectivity index (χ1n) is 9.67. The first kappa shape index (κ1) is 21.6. The van der Waals surface area contributed by atoms with Crippen LogP contribution in [0.4, 0.5) is 0 Å². The van der Waals surface area contributed by atoms with Crippen LogP contribution < -0.4 is 0 Å². The van der Waals surface area contributed by atoms with Gasteiger partial charge in [0, 0.05) is 12.1 Å². The number of Topliss-reactive ketones (excluding diaryl/α,β-unsaturated/α-hetero) is 1. The van der Waals surface area contributed by atoms with E-state index in [1.54, 1.807) is 6.20 Å². The number of carbonyl (C=O) groups excluding carboxylic acids is 3. The standard InChI is InChI=1S/C24H20N2O2.CO2/c1-17-6-5-9-21(26-17)23-16-25-24(28-23)22(27)15-12-18-10-13-20(14-11-18)19-7-3-2-4-8-19;2-1-3/h2-11,13-14,16H,12,15H2,1H3;. The Morgan fingerprint density at radius 2 is 1.58 bits per heavy atom. The Bertz CT molecular complexity index is 1180. The Hall–Kier alpha value is -4.15. The number of oxazole rings is 1. The number of rotatable bonds is 6. The predicted molar refractivity (Wildman–Crippen MR) is 114 cm³/mol. The highest BCUT2D eigenvalue weighted by molar-refractivity contribution is 5.92. The Morgan fingerprint density at radius 3 is 2.26 bits per heavy atom. The Labute approximate surface area is 179 Å². The highest BCUT2D eigenvalue weighted by atomic mass is 16.4. The van der Waals surface area contributed by atoms with Crippen molar-refractivity contribution in [3.63, 3.8) is 0 Å². The summed E-state index contributed by atoms with van der Waals surface area (Å²) in [6.07, 6.45) is 2.81. The molecule has 2 heterocycles. The van der Waals surface area contributed by atoms with Crippen molar-refractivity contribution in [2.24, 2.45) is 0 Å². The number of carbonyl (C=O) groups is 1. The van der Waals surface area contributed by atoms with E-state index in [0.29, 0.717) is 24.3 Å². The summed E-state index contributed by atoms with van der Waals surface area (Å²) < 4.78 is 5.63. The maximum absolute atomic E-state index is 12.4. The molecule has 2 aromatic heterocycles. The molecule has 6 nitrogen and oxygen atoms in total. The average Bonchev–Trinajstić information content (AvgIpc) is 3.30. The lowest BCUT2D eigenvalue weighted by molar-refractivity contribution is -0.191. The highest BCUT2D eigenvalue weighted by Crippen LogP contribution is 2.21. The molecule has 0 radical (unpaired) electrons. The normalized spacial score (nSPS) is 9.97. The summed E-state index contributed by atoms with van der Waals surface area (Å²) in [5.41, 5.74) is 5.03. The van der Waals surface area contributed by atoms with Crippen molar-refractivity contribution in [2.45, 2.75) is 19.8 Å². The van der Waals surface area contributed by atoms with Gasteiger partial charge < -0.3 is 4.42 Å². The van der Waals surface area contributed by atoms with Crippen molar-refractivity contribution < 1.29 is 18.8 Å². The quantitative estimate of drug-likeness (QED) is 0.417. The number of ketones is 1. The van der Waals surface area contributed by atoms with Crippen molar-refractivity contribution in [3.05, 3.63) is 96.1 Å². The van der Waals surface area contributed by atoms with Gasteiger partial charge in [-0.05, 0) is 42.2 Å². The molecule has 0 unspecified atom stereocenters. The summed E-state index contributed by atoms with van der Waals surface area (Å²) in [5, 5.41) is 0. The molecule has 0 aliphatic carbocycles. The highest BCUT2D eigenvalue weighted by Gasteiger charge is 2.15. The van der Waals surface area contributed by atoms with Crippen LogP contribution in [0.3, 0.4) is 0 Å². The lowest BCUT2D eigenvalue weighted by Crippen LogP contribution is -2.01. The van der Waals surface area contributed by atoms with E-state index < -0.39 is 0 Å². The number of nitrogens with zero attached hydrogens (tertiary/aromatic N) is 2. The minimum atomic E-state index is -0.106. The maximum Gasteiger partial charge on any atom is 0.373 e. The fourth-order valence-electron chi connectivity index (χ4n) is 3.06. The molecule has 0 bridgehead atoms. The molecule has 0 aliphatic heterocycles. The molecular formula is C25H20N2O4. The number of hydrogen-bond acceptors (Lipinski definition) is 6. The van der Waals surface area contributed by atoms with Crippen LogP contribution in [-0.4, -0.2) is 21.9 Å². The number of hydrogen-bond donors (Lipinski definition) is 0. The van der Waals surface area contributed by atoms with E-state index in [0.717, 1.165) is 11.3 Å². The van der Waals surface area contributed by atoms with Crippen LogP contribution in [0.25, 0.3) is 22.6 Å². The van der Waals surface area contributed by atoms with Gasteiger partial charge in [0.1, 0.15) is 5.69 Å². The van der Waals surface area contributed by atoms with Crippen LogP contribution >= 0.6 is 0 Å². The second-order valence-corrected chi connectivity index (χ2v) is 6.76.